The van der Waals surface area contributed by atoms with E-state index in [0.717, 1.165) is 25.9 Å². The first-order chi connectivity index (χ1) is 9.61. The lowest BCUT2D eigenvalue weighted by atomic mass is 10.1. The standard InChI is InChI=1S/C14H21N3O3/c1-3-8-17-13(18)7-6-11(16-17)14(19)15-10(2)12-5-4-9-20-12/h6-7,10,12H,3-5,8-9H2,1-2H3,(H,15,19). The van der Waals surface area contributed by atoms with Crippen LogP contribution in [0.3, 0.4) is 0 Å². The monoisotopic (exact) mass is 279 g/mol. The van der Waals surface area contributed by atoms with Gasteiger partial charge < -0.3 is 10.1 Å². The van der Waals surface area contributed by atoms with Gasteiger partial charge in [-0.05, 0) is 32.3 Å². The highest BCUT2D eigenvalue weighted by Gasteiger charge is 2.24. The minimum absolute atomic E-state index is 0.0571. The number of nitrogens with zero attached hydrogens (tertiary/aromatic N) is 2. The third kappa shape index (κ3) is 3.45. The second-order valence-corrected chi connectivity index (χ2v) is 5.09. The summed E-state index contributed by atoms with van der Waals surface area (Å²) in [5.41, 5.74) is 0.0819. The highest BCUT2D eigenvalue weighted by Crippen LogP contribution is 2.15. The summed E-state index contributed by atoms with van der Waals surface area (Å²) < 4.78 is 6.87. The smallest absolute Gasteiger partial charge is 0.272 e. The average Bonchev–Trinajstić information content (AvgIpc) is 2.95. The number of hydrogen-bond donors (Lipinski definition) is 1. The highest BCUT2D eigenvalue weighted by molar-refractivity contribution is 5.92. The van der Waals surface area contributed by atoms with Gasteiger partial charge in [0.1, 0.15) is 5.69 Å². The van der Waals surface area contributed by atoms with Crippen LogP contribution in [0.4, 0.5) is 0 Å². The third-order valence-corrected chi connectivity index (χ3v) is 3.42. The van der Waals surface area contributed by atoms with Crippen LogP contribution < -0.4 is 10.9 Å². The van der Waals surface area contributed by atoms with Crippen LogP contribution in [0.25, 0.3) is 0 Å². The number of aryl methyl sites for hydroxylation is 1. The highest BCUT2D eigenvalue weighted by atomic mass is 16.5. The summed E-state index contributed by atoms with van der Waals surface area (Å²) in [6, 6.07) is 2.79. The third-order valence-electron chi connectivity index (χ3n) is 3.42. The lowest BCUT2D eigenvalue weighted by molar-refractivity contribution is 0.0708. The summed E-state index contributed by atoms with van der Waals surface area (Å²) in [7, 11) is 0. The molecular formula is C14H21N3O3. The maximum atomic E-state index is 12.1. The molecule has 1 saturated heterocycles. The molecule has 1 aliphatic rings. The van der Waals surface area contributed by atoms with Crippen LogP contribution in [0, 0.1) is 0 Å². The summed E-state index contributed by atoms with van der Waals surface area (Å²) in [5, 5.41) is 6.98. The number of carbonyl (C=O) groups is 1. The Morgan fingerprint density at radius 2 is 2.40 bits per heavy atom. The summed E-state index contributed by atoms with van der Waals surface area (Å²) >= 11 is 0. The second-order valence-electron chi connectivity index (χ2n) is 5.09. The van der Waals surface area contributed by atoms with Gasteiger partial charge in [0.25, 0.3) is 11.5 Å². The average molecular weight is 279 g/mol. The van der Waals surface area contributed by atoms with Gasteiger partial charge in [0.2, 0.25) is 0 Å². The first kappa shape index (κ1) is 14.7. The second kappa shape index (κ2) is 6.65. The van der Waals surface area contributed by atoms with E-state index in [1.54, 1.807) is 0 Å². The van der Waals surface area contributed by atoms with E-state index in [1.807, 2.05) is 13.8 Å². The summed E-state index contributed by atoms with van der Waals surface area (Å²) in [6.45, 7) is 5.15. The van der Waals surface area contributed by atoms with E-state index >= 15 is 0 Å². The Bertz CT molecular complexity index is 521. The van der Waals surface area contributed by atoms with Crippen molar-refractivity contribution in [2.45, 2.75) is 51.8 Å². The first-order valence-electron chi connectivity index (χ1n) is 7.12. The van der Waals surface area contributed by atoms with E-state index in [4.69, 9.17) is 4.74 Å². The Hall–Kier alpha value is -1.69. The van der Waals surface area contributed by atoms with E-state index in [-0.39, 0.29) is 29.3 Å². The zero-order valence-electron chi connectivity index (χ0n) is 12.0. The molecule has 1 amide bonds. The molecule has 0 aliphatic carbocycles. The minimum atomic E-state index is -0.266. The molecule has 1 N–H and O–H groups in total. The van der Waals surface area contributed by atoms with Gasteiger partial charge in [-0.15, -0.1) is 0 Å². The largest absolute Gasteiger partial charge is 0.376 e. The molecule has 6 nitrogen and oxygen atoms in total. The predicted octanol–water partition coefficient (Wildman–Crippen LogP) is 0.951. The van der Waals surface area contributed by atoms with Crippen molar-refractivity contribution in [3.63, 3.8) is 0 Å². The van der Waals surface area contributed by atoms with Crippen molar-refractivity contribution in [3.8, 4) is 0 Å². The maximum absolute atomic E-state index is 12.1. The molecule has 6 heteroatoms. The van der Waals surface area contributed by atoms with Gasteiger partial charge in [-0.1, -0.05) is 6.92 Å². The summed E-state index contributed by atoms with van der Waals surface area (Å²) in [4.78, 5) is 23.7. The zero-order chi connectivity index (χ0) is 14.5. The van der Waals surface area contributed by atoms with Gasteiger partial charge in [0, 0.05) is 19.2 Å². The number of carbonyl (C=O) groups excluding carboxylic acids is 1. The van der Waals surface area contributed by atoms with E-state index in [9.17, 15) is 9.59 Å². The molecule has 110 valence electrons. The molecule has 1 fully saturated rings. The van der Waals surface area contributed by atoms with Gasteiger partial charge in [-0.25, -0.2) is 4.68 Å². The van der Waals surface area contributed by atoms with Crippen LogP contribution in [0.2, 0.25) is 0 Å². The molecule has 0 saturated carbocycles. The van der Waals surface area contributed by atoms with Crippen molar-refractivity contribution < 1.29 is 9.53 Å². The molecule has 2 rings (SSSR count). The topological polar surface area (TPSA) is 73.2 Å². The fourth-order valence-corrected chi connectivity index (χ4v) is 2.31. The Morgan fingerprint density at radius 1 is 1.60 bits per heavy atom. The van der Waals surface area contributed by atoms with Crippen molar-refractivity contribution in [2.75, 3.05) is 6.61 Å². The Labute approximate surface area is 118 Å². The molecule has 2 unspecified atom stereocenters. The lowest BCUT2D eigenvalue weighted by Crippen LogP contribution is -2.41. The molecule has 20 heavy (non-hydrogen) atoms. The van der Waals surface area contributed by atoms with Gasteiger partial charge in [0.15, 0.2) is 0 Å². The van der Waals surface area contributed by atoms with Crippen LogP contribution in [-0.2, 0) is 11.3 Å². The van der Waals surface area contributed by atoms with Crippen molar-refractivity contribution >= 4 is 5.91 Å². The van der Waals surface area contributed by atoms with Crippen molar-refractivity contribution in [1.29, 1.82) is 0 Å². The minimum Gasteiger partial charge on any atom is -0.376 e. The molecule has 2 heterocycles. The normalized spacial score (nSPS) is 19.8. The van der Waals surface area contributed by atoms with Crippen LogP contribution in [0.1, 0.15) is 43.6 Å². The predicted molar refractivity (Wildman–Crippen MR) is 74.7 cm³/mol. The fraction of sp³-hybridized carbons (Fsp3) is 0.643. The number of rotatable bonds is 5. The van der Waals surface area contributed by atoms with Crippen LogP contribution in [0.15, 0.2) is 16.9 Å². The molecular weight excluding hydrogens is 258 g/mol. The van der Waals surface area contributed by atoms with E-state index in [2.05, 4.69) is 10.4 Å². The van der Waals surface area contributed by atoms with Crippen LogP contribution in [0.5, 0.6) is 0 Å². The lowest BCUT2D eigenvalue weighted by Gasteiger charge is -2.19. The molecule has 0 bridgehead atoms. The summed E-state index contributed by atoms with van der Waals surface area (Å²) in [6.07, 6.45) is 2.86. The Kier molecular flexibility index (Phi) is 4.89. The molecule has 1 aromatic heterocycles. The summed E-state index contributed by atoms with van der Waals surface area (Å²) in [5.74, 6) is -0.266. The first-order valence-corrected chi connectivity index (χ1v) is 7.12. The molecule has 0 aromatic carbocycles. The Morgan fingerprint density at radius 3 is 3.05 bits per heavy atom. The fourth-order valence-electron chi connectivity index (χ4n) is 2.31. The van der Waals surface area contributed by atoms with Gasteiger partial charge in [-0.3, -0.25) is 9.59 Å². The Balaban J connectivity index is 2.04. The number of aromatic nitrogens is 2. The number of nitrogens with one attached hydrogen (secondary N) is 1. The van der Waals surface area contributed by atoms with Gasteiger partial charge in [-0.2, -0.15) is 5.10 Å². The van der Waals surface area contributed by atoms with Crippen LogP contribution >= 0.6 is 0 Å². The zero-order valence-corrected chi connectivity index (χ0v) is 12.0. The molecule has 0 radical (unpaired) electrons. The number of amides is 1. The van der Waals surface area contributed by atoms with Gasteiger partial charge in [0.05, 0.1) is 12.1 Å². The van der Waals surface area contributed by atoms with Crippen LogP contribution in [-0.4, -0.2) is 34.4 Å². The molecule has 0 spiro atoms. The molecule has 1 aliphatic heterocycles. The quantitative estimate of drug-likeness (QED) is 0.871. The van der Waals surface area contributed by atoms with E-state index < -0.39 is 0 Å². The number of ether oxygens (including phenoxy) is 1. The van der Waals surface area contributed by atoms with E-state index in [1.165, 1.54) is 16.8 Å². The van der Waals surface area contributed by atoms with Crippen molar-refractivity contribution in [3.05, 3.63) is 28.2 Å². The van der Waals surface area contributed by atoms with Crippen molar-refractivity contribution in [1.82, 2.24) is 15.1 Å². The molecule has 2 atom stereocenters. The van der Waals surface area contributed by atoms with Gasteiger partial charge >= 0.3 is 0 Å². The SMILES string of the molecule is CCCn1nc(C(=O)NC(C)C2CCCO2)ccc1=O. The number of hydrogen-bond acceptors (Lipinski definition) is 4. The van der Waals surface area contributed by atoms with Crippen molar-refractivity contribution in [2.24, 2.45) is 0 Å². The molecule has 1 aromatic rings. The van der Waals surface area contributed by atoms with E-state index in [0.29, 0.717) is 6.54 Å². The maximum Gasteiger partial charge on any atom is 0.272 e.